The molecule has 3 heterocycles. The van der Waals surface area contributed by atoms with Crippen molar-refractivity contribution in [2.45, 2.75) is 36.1 Å². The summed E-state index contributed by atoms with van der Waals surface area (Å²) in [6.07, 6.45) is -6.22. The van der Waals surface area contributed by atoms with Crippen molar-refractivity contribution in [2.24, 2.45) is 11.8 Å². The molecule has 2 aliphatic rings. The van der Waals surface area contributed by atoms with E-state index in [1.807, 2.05) is 0 Å². The van der Waals surface area contributed by atoms with Crippen LogP contribution in [0.1, 0.15) is 18.4 Å². The lowest BCUT2D eigenvalue weighted by molar-refractivity contribution is -0.137. The van der Waals surface area contributed by atoms with Crippen LogP contribution in [0.15, 0.2) is 53.7 Å². The average molecular weight is 576 g/mol. The highest BCUT2D eigenvalue weighted by molar-refractivity contribution is 7.90. The van der Waals surface area contributed by atoms with Gasteiger partial charge in [0.25, 0.3) is 10.0 Å². The van der Waals surface area contributed by atoms with Crippen molar-refractivity contribution in [1.29, 1.82) is 0 Å². The number of likely N-dealkylation sites (tertiary alicyclic amines) is 1. The van der Waals surface area contributed by atoms with Crippen molar-refractivity contribution in [2.75, 3.05) is 25.0 Å². The Morgan fingerprint density at radius 2 is 1.72 bits per heavy atom. The second kappa shape index (κ2) is 9.61. The molecular weight excluding hydrogens is 552 g/mol. The van der Waals surface area contributed by atoms with Crippen molar-refractivity contribution in [3.63, 3.8) is 0 Å². The summed E-state index contributed by atoms with van der Waals surface area (Å²) in [7, 11) is -4.18. The zero-order valence-corrected chi connectivity index (χ0v) is 20.9. The summed E-state index contributed by atoms with van der Waals surface area (Å²) in [5, 5.41) is 4.59. The molecule has 0 bridgehead atoms. The Bertz CT molecular complexity index is 1490. The molecule has 2 aromatic heterocycles. The number of urea groups is 1. The number of aromatic nitrogens is 2. The SMILES string of the molecule is O=C(NCC(F)(F)F)N1C[C@H](Nc2c(C(F)(F)F)cnc3c2ccn3S(=O)(=O)c2ccccc2)[C@H](C2CC2)C1. The van der Waals surface area contributed by atoms with Gasteiger partial charge in [0.1, 0.15) is 6.54 Å². The highest BCUT2D eigenvalue weighted by Crippen LogP contribution is 2.45. The minimum Gasteiger partial charge on any atom is -0.379 e. The minimum absolute atomic E-state index is 0.0744. The van der Waals surface area contributed by atoms with Gasteiger partial charge in [-0.15, -0.1) is 0 Å². The van der Waals surface area contributed by atoms with Crippen LogP contribution in [-0.4, -0.2) is 60.2 Å². The number of anilines is 1. The molecule has 2 amide bonds. The fraction of sp³-hybridized carbons (Fsp3) is 0.417. The molecule has 5 rings (SSSR count). The summed E-state index contributed by atoms with van der Waals surface area (Å²) in [5.41, 5.74) is -1.75. The Kier molecular flexibility index (Phi) is 6.67. The predicted octanol–water partition coefficient (Wildman–Crippen LogP) is 4.69. The Labute approximate surface area is 219 Å². The molecule has 8 nitrogen and oxygen atoms in total. The van der Waals surface area contributed by atoms with Gasteiger partial charge in [0.2, 0.25) is 0 Å². The number of hydrogen-bond acceptors (Lipinski definition) is 5. The van der Waals surface area contributed by atoms with E-state index in [2.05, 4.69) is 10.3 Å². The first-order valence-electron chi connectivity index (χ1n) is 12.0. The molecule has 0 unspecified atom stereocenters. The maximum atomic E-state index is 14.1. The first-order valence-corrected chi connectivity index (χ1v) is 13.4. The number of carbonyl (C=O) groups is 1. The van der Waals surface area contributed by atoms with Crippen molar-refractivity contribution >= 4 is 32.8 Å². The van der Waals surface area contributed by atoms with Crippen LogP contribution in [0.4, 0.5) is 36.8 Å². The molecule has 3 aromatic rings. The number of amides is 2. The van der Waals surface area contributed by atoms with Gasteiger partial charge in [-0.2, -0.15) is 26.3 Å². The molecule has 1 aliphatic heterocycles. The predicted molar refractivity (Wildman–Crippen MR) is 128 cm³/mol. The van der Waals surface area contributed by atoms with Gasteiger partial charge < -0.3 is 15.5 Å². The fourth-order valence-electron chi connectivity index (χ4n) is 4.96. The van der Waals surface area contributed by atoms with Crippen LogP contribution in [0, 0.1) is 11.8 Å². The third-order valence-corrected chi connectivity index (χ3v) is 8.62. The molecule has 2 atom stereocenters. The summed E-state index contributed by atoms with van der Waals surface area (Å²) in [6, 6.07) is 6.88. The lowest BCUT2D eigenvalue weighted by Gasteiger charge is -2.23. The lowest BCUT2D eigenvalue weighted by Crippen LogP contribution is -2.43. The average Bonchev–Trinajstić information content (AvgIpc) is 3.46. The molecule has 210 valence electrons. The molecule has 1 aliphatic carbocycles. The highest BCUT2D eigenvalue weighted by atomic mass is 32.2. The van der Waals surface area contributed by atoms with Gasteiger partial charge in [0.15, 0.2) is 5.65 Å². The van der Waals surface area contributed by atoms with E-state index in [1.54, 1.807) is 11.4 Å². The number of alkyl halides is 6. The number of pyridine rings is 1. The molecule has 39 heavy (non-hydrogen) atoms. The Hall–Kier alpha value is -3.49. The van der Waals surface area contributed by atoms with Crippen LogP contribution in [0.5, 0.6) is 0 Å². The second-order valence-electron chi connectivity index (χ2n) is 9.64. The number of benzene rings is 1. The summed E-state index contributed by atoms with van der Waals surface area (Å²) in [6.45, 7) is -1.58. The number of hydrogen-bond donors (Lipinski definition) is 2. The van der Waals surface area contributed by atoms with Gasteiger partial charge in [-0.05, 0) is 37.0 Å². The molecule has 0 spiro atoms. The van der Waals surface area contributed by atoms with Crippen LogP contribution < -0.4 is 10.6 Å². The topological polar surface area (TPSA) is 96.3 Å². The van der Waals surface area contributed by atoms with Crippen LogP contribution in [-0.2, 0) is 16.2 Å². The lowest BCUT2D eigenvalue weighted by atomic mass is 9.97. The third kappa shape index (κ3) is 5.49. The molecular formula is C24H23F6N5O3S. The van der Waals surface area contributed by atoms with E-state index >= 15 is 0 Å². The largest absolute Gasteiger partial charge is 0.419 e. The minimum atomic E-state index is -4.85. The number of halogens is 6. The maximum Gasteiger partial charge on any atom is 0.419 e. The molecule has 2 N–H and O–H groups in total. The molecule has 1 saturated carbocycles. The molecule has 15 heteroatoms. The van der Waals surface area contributed by atoms with Crippen molar-refractivity contribution in [1.82, 2.24) is 19.2 Å². The second-order valence-corrected chi connectivity index (χ2v) is 11.5. The third-order valence-electron chi connectivity index (χ3n) is 6.94. The fourth-order valence-corrected chi connectivity index (χ4v) is 6.28. The van der Waals surface area contributed by atoms with Gasteiger partial charge in [-0.25, -0.2) is 22.2 Å². The van der Waals surface area contributed by atoms with Crippen molar-refractivity contribution < 1.29 is 39.6 Å². The van der Waals surface area contributed by atoms with Gasteiger partial charge in [-0.1, -0.05) is 18.2 Å². The van der Waals surface area contributed by atoms with Crippen LogP contribution >= 0.6 is 0 Å². The van der Waals surface area contributed by atoms with E-state index in [-0.39, 0.29) is 40.9 Å². The zero-order valence-electron chi connectivity index (χ0n) is 20.1. The van der Waals surface area contributed by atoms with Gasteiger partial charge in [0.05, 0.1) is 16.1 Å². The molecule has 0 radical (unpaired) electrons. The Morgan fingerprint density at radius 3 is 2.33 bits per heavy atom. The van der Waals surface area contributed by atoms with E-state index in [1.165, 1.54) is 30.3 Å². The summed E-state index contributed by atoms with van der Waals surface area (Å²) < 4.78 is 107. The summed E-state index contributed by atoms with van der Waals surface area (Å²) in [4.78, 5) is 17.3. The Morgan fingerprint density at radius 1 is 1.03 bits per heavy atom. The normalized spacial score (nSPS) is 20.4. The first-order chi connectivity index (χ1) is 18.3. The number of nitrogens with zero attached hydrogens (tertiary/aromatic N) is 3. The van der Waals surface area contributed by atoms with E-state index in [9.17, 15) is 39.6 Å². The zero-order chi connectivity index (χ0) is 28.2. The summed E-state index contributed by atoms with van der Waals surface area (Å²) in [5.74, 6) is -0.210. The van der Waals surface area contributed by atoms with Gasteiger partial charge in [-0.3, -0.25) is 0 Å². The highest BCUT2D eigenvalue weighted by Gasteiger charge is 2.45. The van der Waals surface area contributed by atoms with Crippen molar-refractivity contribution in [3.8, 4) is 0 Å². The Balaban J connectivity index is 1.51. The van der Waals surface area contributed by atoms with E-state index < -0.39 is 52.2 Å². The van der Waals surface area contributed by atoms with Crippen molar-refractivity contribution in [3.05, 3.63) is 54.4 Å². The van der Waals surface area contributed by atoms with Crippen LogP contribution in [0.25, 0.3) is 11.0 Å². The number of carbonyl (C=O) groups excluding carboxylic acids is 1. The van der Waals surface area contributed by atoms with E-state index in [4.69, 9.17) is 0 Å². The number of fused-ring (bicyclic) bond motifs is 1. The standard InChI is InChI=1S/C24H23F6N5O3S/c25-23(26,27)13-32-22(36)34-11-17(14-6-7-14)19(12-34)33-20-16-8-9-35(21(16)31-10-18(20)24(28,29)30)39(37,38)15-4-2-1-3-5-15/h1-5,8-10,14,17,19H,6-7,11-13H2,(H,31,33)(H,32,36)/t17-,19-/m0/s1. The molecule has 1 saturated heterocycles. The maximum absolute atomic E-state index is 14.1. The van der Waals surface area contributed by atoms with Crippen LogP contribution in [0.3, 0.4) is 0 Å². The quantitative estimate of drug-likeness (QED) is 0.416. The van der Waals surface area contributed by atoms with Gasteiger partial charge >= 0.3 is 18.4 Å². The van der Waals surface area contributed by atoms with Crippen LogP contribution in [0.2, 0.25) is 0 Å². The number of rotatable bonds is 6. The van der Waals surface area contributed by atoms with E-state index in [0.717, 1.165) is 27.9 Å². The van der Waals surface area contributed by atoms with Gasteiger partial charge in [0, 0.05) is 42.8 Å². The monoisotopic (exact) mass is 575 g/mol. The molecule has 1 aromatic carbocycles. The number of nitrogens with one attached hydrogen (secondary N) is 2. The molecule has 2 fully saturated rings. The first kappa shape index (κ1) is 27.1. The van der Waals surface area contributed by atoms with E-state index in [0.29, 0.717) is 6.20 Å². The smallest absolute Gasteiger partial charge is 0.379 e. The summed E-state index contributed by atoms with van der Waals surface area (Å²) >= 11 is 0.